The molecule has 2 atom stereocenters. The number of phenols is 3. The maximum Gasteiger partial charge on any atom is 0.154 e. The lowest BCUT2D eigenvalue weighted by Crippen LogP contribution is -2.09. The highest BCUT2D eigenvalue weighted by atomic mass is 16.5. The van der Waals surface area contributed by atoms with Gasteiger partial charge in [0.25, 0.3) is 0 Å². The van der Waals surface area contributed by atoms with Crippen LogP contribution in [0.3, 0.4) is 0 Å². The zero-order valence-electron chi connectivity index (χ0n) is 9.82. The lowest BCUT2D eigenvalue weighted by Gasteiger charge is -2.14. The molecule has 1 heterocycles. The molecule has 0 bridgehead atoms. The number of aliphatic hydroxyl groups excluding tert-OH is 1. The van der Waals surface area contributed by atoms with E-state index in [2.05, 4.69) is 0 Å². The van der Waals surface area contributed by atoms with Crippen LogP contribution >= 0.6 is 0 Å². The van der Waals surface area contributed by atoms with Crippen LogP contribution < -0.4 is 4.74 Å². The van der Waals surface area contributed by atoms with Gasteiger partial charge in [0.05, 0.1) is 5.56 Å². The highest BCUT2D eigenvalue weighted by Gasteiger charge is 2.36. The molecular formula is C14H12O5. The predicted molar refractivity (Wildman–Crippen MR) is 66.2 cm³/mol. The molecule has 0 aliphatic carbocycles. The van der Waals surface area contributed by atoms with E-state index in [-0.39, 0.29) is 28.6 Å². The zero-order chi connectivity index (χ0) is 13.6. The fourth-order valence-electron chi connectivity index (χ4n) is 2.26. The van der Waals surface area contributed by atoms with Crippen molar-refractivity contribution in [2.45, 2.75) is 12.2 Å². The lowest BCUT2D eigenvalue weighted by atomic mass is 10.00. The van der Waals surface area contributed by atoms with Crippen molar-refractivity contribution < 1.29 is 25.2 Å². The van der Waals surface area contributed by atoms with Gasteiger partial charge in [-0.2, -0.15) is 0 Å². The molecule has 98 valence electrons. The van der Waals surface area contributed by atoms with Gasteiger partial charge in [0.1, 0.15) is 29.1 Å². The molecule has 2 aromatic carbocycles. The second-order valence-electron chi connectivity index (χ2n) is 4.45. The zero-order valence-corrected chi connectivity index (χ0v) is 9.82. The Morgan fingerprint density at radius 1 is 0.895 bits per heavy atom. The Balaban J connectivity index is 2.01. The van der Waals surface area contributed by atoms with Crippen LogP contribution in [0, 0.1) is 0 Å². The van der Waals surface area contributed by atoms with E-state index in [1.807, 2.05) is 0 Å². The number of phenolic OH excluding ortho intramolecular Hbond substituents is 3. The molecule has 0 spiro atoms. The minimum absolute atomic E-state index is 0.120. The van der Waals surface area contributed by atoms with E-state index in [0.29, 0.717) is 5.56 Å². The van der Waals surface area contributed by atoms with Crippen molar-refractivity contribution >= 4 is 0 Å². The Morgan fingerprint density at radius 2 is 1.58 bits per heavy atom. The summed E-state index contributed by atoms with van der Waals surface area (Å²) < 4.78 is 5.56. The van der Waals surface area contributed by atoms with E-state index in [9.17, 15) is 20.4 Å². The third-order valence-electron chi connectivity index (χ3n) is 3.16. The van der Waals surface area contributed by atoms with Gasteiger partial charge in [-0.1, -0.05) is 12.1 Å². The Kier molecular flexibility index (Phi) is 2.50. The van der Waals surface area contributed by atoms with Crippen LogP contribution in [0.4, 0.5) is 0 Å². The number of fused-ring (bicyclic) bond motifs is 1. The molecule has 5 nitrogen and oxygen atoms in total. The van der Waals surface area contributed by atoms with E-state index in [1.54, 1.807) is 12.1 Å². The summed E-state index contributed by atoms with van der Waals surface area (Å²) >= 11 is 0. The summed E-state index contributed by atoms with van der Waals surface area (Å²) in [6.45, 7) is 0. The summed E-state index contributed by atoms with van der Waals surface area (Å²) in [5.74, 6) is 0.0379. The molecule has 4 N–H and O–H groups in total. The third kappa shape index (κ3) is 1.84. The van der Waals surface area contributed by atoms with Crippen LogP contribution in [-0.4, -0.2) is 20.4 Å². The van der Waals surface area contributed by atoms with Crippen LogP contribution in [0.15, 0.2) is 36.4 Å². The maximum absolute atomic E-state index is 10.2. The van der Waals surface area contributed by atoms with Crippen molar-refractivity contribution in [3.63, 3.8) is 0 Å². The smallest absolute Gasteiger partial charge is 0.154 e. The monoisotopic (exact) mass is 260 g/mol. The van der Waals surface area contributed by atoms with Gasteiger partial charge in [0.2, 0.25) is 0 Å². The molecule has 2 aromatic rings. The number of hydrogen-bond acceptors (Lipinski definition) is 5. The van der Waals surface area contributed by atoms with E-state index in [4.69, 9.17) is 4.74 Å². The largest absolute Gasteiger partial charge is 0.508 e. The summed E-state index contributed by atoms with van der Waals surface area (Å²) in [7, 11) is 0. The SMILES string of the molecule is Oc1ccc(C2Oc3cc(O)cc(O)c3C2O)cc1. The van der Waals surface area contributed by atoms with E-state index in [0.717, 1.165) is 6.07 Å². The molecule has 19 heavy (non-hydrogen) atoms. The van der Waals surface area contributed by atoms with Crippen LogP contribution in [0.25, 0.3) is 0 Å². The number of ether oxygens (including phenoxy) is 1. The topological polar surface area (TPSA) is 90.2 Å². The average Bonchev–Trinajstić information content (AvgIpc) is 2.67. The van der Waals surface area contributed by atoms with Crippen LogP contribution in [0.5, 0.6) is 23.0 Å². The van der Waals surface area contributed by atoms with Gasteiger partial charge in [-0.25, -0.2) is 0 Å². The molecule has 5 heteroatoms. The molecule has 1 aliphatic rings. The third-order valence-corrected chi connectivity index (χ3v) is 3.16. The van der Waals surface area contributed by atoms with Gasteiger partial charge in [-0.15, -0.1) is 0 Å². The van der Waals surface area contributed by atoms with Crippen molar-refractivity contribution in [3.05, 3.63) is 47.5 Å². The van der Waals surface area contributed by atoms with E-state index >= 15 is 0 Å². The first-order valence-electron chi connectivity index (χ1n) is 5.76. The molecule has 0 saturated carbocycles. The minimum Gasteiger partial charge on any atom is -0.508 e. The number of rotatable bonds is 1. The van der Waals surface area contributed by atoms with Gasteiger partial charge >= 0.3 is 0 Å². The van der Waals surface area contributed by atoms with Crippen LogP contribution in [-0.2, 0) is 0 Å². The van der Waals surface area contributed by atoms with Crippen molar-refractivity contribution in [1.82, 2.24) is 0 Å². The minimum atomic E-state index is -1.03. The summed E-state index contributed by atoms with van der Waals surface area (Å²) in [6, 6.07) is 8.75. The number of aliphatic hydroxyl groups is 1. The summed E-state index contributed by atoms with van der Waals surface area (Å²) in [5, 5.41) is 38.6. The summed E-state index contributed by atoms with van der Waals surface area (Å²) in [5.41, 5.74) is 0.927. The predicted octanol–water partition coefficient (Wildman–Crippen LogP) is 1.97. The van der Waals surface area contributed by atoms with Crippen molar-refractivity contribution in [2.75, 3.05) is 0 Å². The van der Waals surface area contributed by atoms with Gasteiger partial charge in [-0.3, -0.25) is 0 Å². The van der Waals surface area contributed by atoms with Crippen molar-refractivity contribution in [1.29, 1.82) is 0 Å². The lowest BCUT2D eigenvalue weighted by molar-refractivity contribution is 0.0664. The van der Waals surface area contributed by atoms with E-state index < -0.39 is 12.2 Å². The molecule has 0 aromatic heterocycles. The number of aromatic hydroxyl groups is 3. The molecule has 0 amide bonds. The second kappa shape index (κ2) is 4.07. The molecule has 3 rings (SSSR count). The second-order valence-corrected chi connectivity index (χ2v) is 4.45. The Bertz CT molecular complexity index is 620. The van der Waals surface area contributed by atoms with Gasteiger partial charge < -0.3 is 25.2 Å². The Morgan fingerprint density at radius 3 is 2.26 bits per heavy atom. The van der Waals surface area contributed by atoms with Crippen LogP contribution in [0.1, 0.15) is 23.3 Å². The highest BCUT2D eigenvalue weighted by Crippen LogP contribution is 2.49. The first-order chi connectivity index (χ1) is 9.06. The highest BCUT2D eigenvalue weighted by molar-refractivity contribution is 5.54. The molecular weight excluding hydrogens is 248 g/mol. The average molecular weight is 260 g/mol. The summed E-state index contributed by atoms with van der Waals surface area (Å²) in [6.07, 6.45) is -1.71. The normalized spacial score (nSPS) is 20.9. The Hall–Kier alpha value is -2.40. The molecule has 0 radical (unpaired) electrons. The standard InChI is InChI=1S/C14H12O5/c15-8-3-1-7(2-4-8)14-13(18)12-10(17)5-9(16)6-11(12)19-14/h1-6,13-18H. The first-order valence-corrected chi connectivity index (χ1v) is 5.76. The van der Waals surface area contributed by atoms with Gasteiger partial charge in [0.15, 0.2) is 6.10 Å². The van der Waals surface area contributed by atoms with E-state index in [1.165, 1.54) is 18.2 Å². The number of hydrogen-bond donors (Lipinski definition) is 4. The molecule has 1 aliphatic heterocycles. The Labute approximate surface area is 109 Å². The molecule has 0 saturated heterocycles. The number of benzene rings is 2. The summed E-state index contributed by atoms with van der Waals surface area (Å²) in [4.78, 5) is 0. The fourth-order valence-corrected chi connectivity index (χ4v) is 2.26. The van der Waals surface area contributed by atoms with Gasteiger partial charge in [0, 0.05) is 12.1 Å². The van der Waals surface area contributed by atoms with Crippen LogP contribution in [0.2, 0.25) is 0 Å². The molecule has 2 unspecified atom stereocenters. The van der Waals surface area contributed by atoms with Crippen molar-refractivity contribution in [2.24, 2.45) is 0 Å². The molecule has 0 fully saturated rings. The first kappa shape index (κ1) is 11.7. The quantitative estimate of drug-likeness (QED) is 0.629. The van der Waals surface area contributed by atoms with Crippen molar-refractivity contribution in [3.8, 4) is 23.0 Å². The fraction of sp³-hybridized carbons (Fsp3) is 0.143. The van der Waals surface area contributed by atoms with Gasteiger partial charge in [-0.05, 0) is 17.7 Å². The maximum atomic E-state index is 10.2.